The Balaban J connectivity index is 1.70. The molecule has 1 aromatic heterocycles. The van der Waals surface area contributed by atoms with Crippen LogP contribution in [0.3, 0.4) is 0 Å². The van der Waals surface area contributed by atoms with Gasteiger partial charge in [-0.15, -0.1) is 11.3 Å². The molecule has 194 valence electrons. The van der Waals surface area contributed by atoms with Crippen LogP contribution < -0.4 is 9.64 Å². The highest BCUT2D eigenvalue weighted by molar-refractivity contribution is 7.14. The van der Waals surface area contributed by atoms with Gasteiger partial charge < -0.3 is 19.6 Å². The molecule has 0 radical (unpaired) electrons. The predicted molar refractivity (Wildman–Crippen MR) is 149 cm³/mol. The highest BCUT2D eigenvalue weighted by Gasteiger charge is 2.24. The molecular weight excluding hydrogens is 500 g/mol. The molecule has 4 rings (SSSR count). The summed E-state index contributed by atoms with van der Waals surface area (Å²) in [5.41, 5.74) is 2.94. The number of carboxylic acid groups (broad SMARTS) is 1. The maximum atomic E-state index is 13.9. The van der Waals surface area contributed by atoms with Crippen molar-refractivity contribution in [1.29, 1.82) is 0 Å². The van der Waals surface area contributed by atoms with Crippen LogP contribution in [0.25, 0.3) is 11.1 Å². The molecule has 1 heterocycles. The topological polar surface area (TPSA) is 87.1 Å². The molecule has 4 aromatic rings. The van der Waals surface area contributed by atoms with Crippen LogP contribution in [0.2, 0.25) is 0 Å². The van der Waals surface area contributed by atoms with Crippen molar-refractivity contribution in [3.8, 4) is 16.9 Å². The van der Waals surface area contributed by atoms with Crippen LogP contribution in [-0.2, 0) is 11.3 Å². The number of nitrogens with zero attached hydrogens (tertiary/aromatic N) is 2. The number of hydrogen-bond acceptors (Lipinski definition) is 5. The van der Waals surface area contributed by atoms with Crippen molar-refractivity contribution >= 4 is 34.1 Å². The van der Waals surface area contributed by atoms with E-state index < -0.39 is 5.97 Å². The van der Waals surface area contributed by atoms with Crippen LogP contribution in [-0.4, -0.2) is 48.5 Å². The van der Waals surface area contributed by atoms with Gasteiger partial charge in [0.05, 0.1) is 18.5 Å². The average Bonchev–Trinajstić information content (AvgIpc) is 3.49. The first kappa shape index (κ1) is 26.6. The van der Waals surface area contributed by atoms with E-state index in [0.29, 0.717) is 28.0 Å². The molecule has 0 saturated carbocycles. The second-order valence-electron chi connectivity index (χ2n) is 8.63. The van der Waals surface area contributed by atoms with E-state index in [1.807, 2.05) is 53.9 Å². The van der Waals surface area contributed by atoms with Gasteiger partial charge in [-0.2, -0.15) is 0 Å². The van der Waals surface area contributed by atoms with Gasteiger partial charge in [0, 0.05) is 31.3 Å². The zero-order chi connectivity index (χ0) is 27.1. The molecule has 0 atom stereocenters. The normalized spacial score (nSPS) is 10.6. The summed E-state index contributed by atoms with van der Waals surface area (Å²) in [6.45, 7) is 0.266. The molecule has 2 amide bonds. The number of amides is 2. The van der Waals surface area contributed by atoms with Crippen molar-refractivity contribution in [2.75, 3.05) is 25.6 Å². The summed E-state index contributed by atoms with van der Waals surface area (Å²) in [5.74, 6) is -0.799. The predicted octanol–water partition coefficient (Wildman–Crippen LogP) is 5.82. The molecule has 0 fully saturated rings. The van der Waals surface area contributed by atoms with Gasteiger partial charge in [0.15, 0.2) is 0 Å². The van der Waals surface area contributed by atoms with E-state index in [0.717, 1.165) is 10.6 Å². The number of ether oxygens (including phenoxy) is 1. The first-order chi connectivity index (χ1) is 18.4. The molecule has 0 unspecified atom stereocenters. The van der Waals surface area contributed by atoms with Gasteiger partial charge in [-0.1, -0.05) is 48.5 Å². The highest BCUT2D eigenvalue weighted by Crippen LogP contribution is 2.31. The number of carbonyl (C=O) groups excluding carboxylic acids is 2. The first-order valence-electron chi connectivity index (χ1n) is 12.0. The fourth-order valence-electron chi connectivity index (χ4n) is 4.16. The van der Waals surface area contributed by atoms with Gasteiger partial charge in [0.25, 0.3) is 11.8 Å². The van der Waals surface area contributed by atoms with Crippen molar-refractivity contribution < 1.29 is 24.2 Å². The minimum absolute atomic E-state index is 0.0379. The number of carboxylic acids is 1. The molecule has 0 saturated heterocycles. The lowest BCUT2D eigenvalue weighted by Crippen LogP contribution is -2.33. The summed E-state index contributed by atoms with van der Waals surface area (Å²) >= 11 is 1.47. The Labute approximate surface area is 225 Å². The lowest BCUT2D eigenvalue weighted by atomic mass is 9.94. The maximum Gasteiger partial charge on any atom is 0.305 e. The third-order valence-corrected chi connectivity index (χ3v) is 7.11. The van der Waals surface area contributed by atoms with Gasteiger partial charge in [0.2, 0.25) is 0 Å². The number of hydrogen-bond donors (Lipinski definition) is 1. The molecule has 7 nitrogen and oxygen atoms in total. The number of anilines is 1. The monoisotopic (exact) mass is 528 g/mol. The number of thiophene rings is 1. The van der Waals surface area contributed by atoms with E-state index in [9.17, 15) is 19.5 Å². The molecule has 0 bridgehead atoms. The Bertz CT molecular complexity index is 1420. The van der Waals surface area contributed by atoms with Crippen LogP contribution in [0, 0.1) is 0 Å². The molecule has 8 heteroatoms. The van der Waals surface area contributed by atoms with Gasteiger partial charge >= 0.3 is 5.97 Å². The number of rotatable bonds is 10. The second-order valence-corrected chi connectivity index (χ2v) is 9.55. The fraction of sp³-hybridized carbons (Fsp3) is 0.167. The fourth-order valence-corrected chi connectivity index (χ4v) is 4.85. The Morgan fingerprint density at radius 2 is 1.42 bits per heavy atom. The minimum Gasteiger partial charge on any atom is -0.497 e. The number of carbonyl (C=O) groups is 3. The van der Waals surface area contributed by atoms with Crippen LogP contribution in [0.1, 0.15) is 32.7 Å². The average molecular weight is 529 g/mol. The molecule has 0 aliphatic heterocycles. The smallest absolute Gasteiger partial charge is 0.305 e. The first-order valence-corrected chi connectivity index (χ1v) is 12.9. The summed E-state index contributed by atoms with van der Waals surface area (Å²) in [4.78, 5) is 41.9. The van der Waals surface area contributed by atoms with Gasteiger partial charge in [-0.3, -0.25) is 14.4 Å². The highest BCUT2D eigenvalue weighted by atomic mass is 32.1. The Kier molecular flexibility index (Phi) is 8.55. The van der Waals surface area contributed by atoms with E-state index in [-0.39, 0.29) is 31.3 Å². The molecule has 1 N–H and O–H groups in total. The van der Waals surface area contributed by atoms with Crippen molar-refractivity contribution in [3.63, 3.8) is 0 Å². The van der Waals surface area contributed by atoms with Gasteiger partial charge in [-0.25, -0.2) is 0 Å². The van der Waals surface area contributed by atoms with Crippen LogP contribution in [0.4, 0.5) is 5.00 Å². The van der Waals surface area contributed by atoms with E-state index in [1.165, 1.54) is 16.2 Å². The quantitative estimate of drug-likeness (QED) is 0.280. The van der Waals surface area contributed by atoms with Crippen LogP contribution >= 0.6 is 11.3 Å². The minimum atomic E-state index is -0.988. The lowest BCUT2D eigenvalue weighted by molar-refractivity contribution is -0.137. The van der Waals surface area contributed by atoms with E-state index in [2.05, 4.69) is 0 Å². The number of aliphatic carboxylic acids is 1. The largest absolute Gasteiger partial charge is 0.497 e. The van der Waals surface area contributed by atoms with E-state index >= 15 is 0 Å². The zero-order valence-electron chi connectivity index (χ0n) is 21.2. The van der Waals surface area contributed by atoms with Crippen LogP contribution in [0.15, 0.2) is 90.3 Å². The number of methoxy groups -OCH3 is 1. The molecule has 3 aromatic carbocycles. The third-order valence-electron chi connectivity index (χ3n) is 6.16. The summed E-state index contributed by atoms with van der Waals surface area (Å²) < 4.78 is 5.22. The van der Waals surface area contributed by atoms with Crippen molar-refractivity contribution in [3.05, 3.63) is 107 Å². The summed E-state index contributed by atoms with van der Waals surface area (Å²) in [5, 5.41) is 12.0. The third kappa shape index (κ3) is 6.10. The van der Waals surface area contributed by atoms with Crippen molar-refractivity contribution in [1.82, 2.24) is 4.90 Å². The van der Waals surface area contributed by atoms with Crippen molar-refractivity contribution in [2.45, 2.75) is 13.0 Å². The molecule has 0 aliphatic rings. The molecular formula is C30H28N2O5S. The molecule has 38 heavy (non-hydrogen) atoms. The van der Waals surface area contributed by atoms with Crippen LogP contribution in [0.5, 0.6) is 5.75 Å². The Hall–Kier alpha value is -4.43. The maximum absolute atomic E-state index is 13.9. The SMILES string of the molecule is COc1ccc(CN(CCC(=O)O)C(=O)c2ccccc2-c2ccccc2C(=O)N(C)c2cccs2)cc1. The Morgan fingerprint density at radius 3 is 1.97 bits per heavy atom. The summed E-state index contributed by atoms with van der Waals surface area (Å²) in [6, 6.07) is 25.4. The summed E-state index contributed by atoms with van der Waals surface area (Å²) in [6.07, 6.45) is -0.190. The second kappa shape index (κ2) is 12.2. The molecule has 0 spiro atoms. The van der Waals surface area contributed by atoms with E-state index in [4.69, 9.17) is 4.74 Å². The number of benzene rings is 3. The van der Waals surface area contributed by atoms with Crippen molar-refractivity contribution in [2.24, 2.45) is 0 Å². The molecule has 0 aliphatic carbocycles. The summed E-state index contributed by atoms with van der Waals surface area (Å²) in [7, 11) is 3.31. The standard InChI is InChI=1S/C30H28N2O5S/c1-31(27-12-7-19-38-27)29(35)25-10-5-3-8-23(25)24-9-4-6-11-26(24)30(36)32(18-17-28(33)34)20-21-13-15-22(37-2)16-14-21/h3-16,19H,17-18,20H2,1-2H3,(H,33,34). The van der Waals surface area contributed by atoms with Gasteiger partial charge in [-0.05, 0) is 58.5 Å². The zero-order valence-corrected chi connectivity index (χ0v) is 22.0. The Morgan fingerprint density at radius 1 is 0.816 bits per heavy atom. The van der Waals surface area contributed by atoms with E-state index in [1.54, 1.807) is 55.5 Å². The van der Waals surface area contributed by atoms with Gasteiger partial charge in [0.1, 0.15) is 5.75 Å². The lowest BCUT2D eigenvalue weighted by Gasteiger charge is -2.24.